The molecule has 29 heavy (non-hydrogen) atoms. The van der Waals surface area contributed by atoms with E-state index in [-0.39, 0.29) is 48.8 Å². The number of rotatable bonds is 2. The van der Waals surface area contributed by atoms with Gasteiger partial charge in [0, 0.05) is 26.2 Å². The Morgan fingerprint density at radius 2 is 0.862 bits per heavy atom. The van der Waals surface area contributed by atoms with Gasteiger partial charge in [0.15, 0.2) is 0 Å². The van der Waals surface area contributed by atoms with Gasteiger partial charge in [-0.1, -0.05) is 0 Å². The maximum Gasteiger partial charge on any atom is 0.339 e. The third-order valence-corrected chi connectivity index (χ3v) is 5.38. The Morgan fingerprint density at radius 3 is 1.14 bits per heavy atom. The molecule has 152 valence electrons. The number of benzene rings is 2. The van der Waals surface area contributed by atoms with Crippen LogP contribution >= 0.6 is 0 Å². The predicted molar refractivity (Wildman–Crippen MR) is 103 cm³/mol. The van der Waals surface area contributed by atoms with Crippen molar-refractivity contribution in [2.24, 2.45) is 0 Å². The molecule has 6 nitrogen and oxygen atoms in total. The molecule has 0 heterocycles. The topological polar surface area (TPSA) is 115 Å². The standard InChI is InChI=1S/2C11H12O3.Zr/c2*12-10-6-8-4-2-1-3-7(8)5-9(10)11(13)14;/h2*5-6,12H,1-4H2,(H,13,14);. The van der Waals surface area contributed by atoms with Gasteiger partial charge in [0.05, 0.1) is 0 Å². The maximum atomic E-state index is 10.7. The van der Waals surface area contributed by atoms with Gasteiger partial charge in [-0.15, -0.1) is 0 Å². The molecule has 0 saturated carbocycles. The van der Waals surface area contributed by atoms with Gasteiger partial charge in [0.1, 0.15) is 22.6 Å². The van der Waals surface area contributed by atoms with Crippen LogP contribution in [-0.2, 0) is 51.9 Å². The molecule has 0 fully saturated rings. The second kappa shape index (κ2) is 10.1. The first kappa shape index (κ1) is 23.1. The molecule has 0 atom stereocenters. The van der Waals surface area contributed by atoms with Crippen molar-refractivity contribution in [3.8, 4) is 11.5 Å². The summed E-state index contributed by atoms with van der Waals surface area (Å²) >= 11 is 0. The van der Waals surface area contributed by atoms with Crippen molar-refractivity contribution in [1.29, 1.82) is 0 Å². The fourth-order valence-corrected chi connectivity index (χ4v) is 3.89. The maximum absolute atomic E-state index is 10.7. The largest absolute Gasteiger partial charge is 0.507 e. The number of hydrogen-bond acceptors (Lipinski definition) is 4. The van der Waals surface area contributed by atoms with Crippen LogP contribution in [0.15, 0.2) is 24.3 Å². The van der Waals surface area contributed by atoms with E-state index in [0.717, 1.165) is 73.6 Å². The summed E-state index contributed by atoms with van der Waals surface area (Å²) in [6.07, 6.45) is 8.21. The van der Waals surface area contributed by atoms with Gasteiger partial charge in [-0.2, -0.15) is 0 Å². The second-order valence-corrected chi connectivity index (χ2v) is 7.30. The summed E-state index contributed by atoms with van der Waals surface area (Å²) in [4.78, 5) is 21.5. The quantitative estimate of drug-likeness (QED) is 0.523. The van der Waals surface area contributed by atoms with Crippen molar-refractivity contribution in [2.75, 3.05) is 0 Å². The molecule has 4 rings (SSSR count). The summed E-state index contributed by atoms with van der Waals surface area (Å²) < 4.78 is 0. The minimum Gasteiger partial charge on any atom is -0.507 e. The van der Waals surface area contributed by atoms with E-state index in [0.29, 0.717) is 0 Å². The van der Waals surface area contributed by atoms with Crippen LogP contribution in [0.3, 0.4) is 0 Å². The molecular formula is C22H24O6Zr. The number of aromatic carboxylic acids is 2. The van der Waals surface area contributed by atoms with Crippen LogP contribution in [0.1, 0.15) is 68.7 Å². The third-order valence-electron chi connectivity index (χ3n) is 5.38. The first-order valence-electron chi connectivity index (χ1n) is 9.53. The molecule has 0 aromatic heterocycles. The van der Waals surface area contributed by atoms with Gasteiger partial charge < -0.3 is 20.4 Å². The molecule has 0 spiro atoms. The number of carboxylic acid groups (broad SMARTS) is 2. The number of fused-ring (bicyclic) bond motifs is 2. The van der Waals surface area contributed by atoms with Crippen LogP contribution < -0.4 is 0 Å². The molecule has 0 unspecified atom stereocenters. The molecular weight excluding hydrogens is 451 g/mol. The molecule has 2 aromatic rings. The van der Waals surface area contributed by atoms with E-state index in [9.17, 15) is 19.8 Å². The third kappa shape index (κ3) is 5.48. The van der Waals surface area contributed by atoms with Crippen LogP contribution in [0.4, 0.5) is 0 Å². The van der Waals surface area contributed by atoms with Gasteiger partial charge in [0.25, 0.3) is 0 Å². The number of carbonyl (C=O) groups is 2. The summed E-state index contributed by atoms with van der Waals surface area (Å²) in [6.45, 7) is 0. The zero-order valence-electron chi connectivity index (χ0n) is 16.1. The molecule has 0 aliphatic heterocycles. The molecule has 0 amide bonds. The van der Waals surface area contributed by atoms with Gasteiger partial charge in [-0.05, 0) is 97.9 Å². The smallest absolute Gasteiger partial charge is 0.339 e. The Morgan fingerprint density at radius 1 is 0.586 bits per heavy atom. The molecule has 7 heteroatoms. The Bertz CT molecular complexity index is 847. The second-order valence-electron chi connectivity index (χ2n) is 7.30. The summed E-state index contributed by atoms with van der Waals surface area (Å²) in [5.74, 6) is -2.34. The zero-order valence-corrected chi connectivity index (χ0v) is 18.5. The van der Waals surface area contributed by atoms with Crippen molar-refractivity contribution >= 4 is 11.9 Å². The van der Waals surface area contributed by atoms with E-state index in [1.54, 1.807) is 24.3 Å². The first-order valence-corrected chi connectivity index (χ1v) is 9.53. The van der Waals surface area contributed by atoms with Gasteiger partial charge in [0.2, 0.25) is 0 Å². The average molecular weight is 476 g/mol. The number of hydrogen-bond donors (Lipinski definition) is 4. The van der Waals surface area contributed by atoms with Crippen molar-refractivity contribution in [3.05, 3.63) is 57.6 Å². The molecule has 0 radical (unpaired) electrons. The van der Waals surface area contributed by atoms with Crippen molar-refractivity contribution in [2.45, 2.75) is 51.4 Å². The van der Waals surface area contributed by atoms with E-state index < -0.39 is 11.9 Å². The van der Waals surface area contributed by atoms with E-state index in [1.165, 1.54) is 0 Å². The minimum absolute atomic E-state index is 0. The number of aromatic hydroxyl groups is 2. The van der Waals surface area contributed by atoms with Crippen molar-refractivity contribution < 1.29 is 56.2 Å². The Labute approximate surface area is 188 Å². The summed E-state index contributed by atoms with van der Waals surface area (Å²) in [5.41, 5.74) is 4.38. The molecule has 2 aromatic carbocycles. The average Bonchev–Trinajstić information content (AvgIpc) is 2.67. The summed E-state index contributed by atoms with van der Waals surface area (Å²) in [5, 5.41) is 36.5. The zero-order chi connectivity index (χ0) is 20.3. The van der Waals surface area contributed by atoms with Crippen LogP contribution in [0, 0.1) is 0 Å². The van der Waals surface area contributed by atoms with Crippen LogP contribution in [0.25, 0.3) is 0 Å². The molecule has 2 aliphatic carbocycles. The summed E-state index contributed by atoms with van der Waals surface area (Å²) in [6, 6.07) is 6.40. The Balaban J connectivity index is 0.000000200. The SMILES string of the molecule is O=C(O)c1cc2c(cc1O)CCCC2.O=C(O)c1cc2c(cc1O)CCCC2.[Zr]. The molecule has 4 N–H and O–H groups in total. The van der Waals surface area contributed by atoms with Gasteiger partial charge in [-0.3, -0.25) is 0 Å². The number of carboxylic acids is 2. The minimum atomic E-state index is -1.06. The predicted octanol–water partition coefficient (Wildman–Crippen LogP) is 3.94. The Hall–Kier alpha value is -2.14. The monoisotopic (exact) mass is 474 g/mol. The first-order chi connectivity index (χ1) is 13.4. The van der Waals surface area contributed by atoms with E-state index in [2.05, 4.69) is 0 Å². The molecule has 0 saturated heterocycles. The number of aryl methyl sites for hydroxylation is 4. The van der Waals surface area contributed by atoms with E-state index in [1.807, 2.05) is 0 Å². The fourth-order valence-electron chi connectivity index (χ4n) is 3.89. The molecule has 0 bridgehead atoms. The van der Waals surface area contributed by atoms with Crippen LogP contribution in [0.2, 0.25) is 0 Å². The summed E-state index contributed by atoms with van der Waals surface area (Å²) in [7, 11) is 0. The van der Waals surface area contributed by atoms with E-state index >= 15 is 0 Å². The van der Waals surface area contributed by atoms with Crippen molar-refractivity contribution in [1.82, 2.24) is 0 Å². The normalized spacial score (nSPS) is 14.3. The van der Waals surface area contributed by atoms with E-state index in [4.69, 9.17) is 10.2 Å². The molecule has 2 aliphatic rings. The van der Waals surface area contributed by atoms with Crippen molar-refractivity contribution in [3.63, 3.8) is 0 Å². The van der Waals surface area contributed by atoms with Crippen LogP contribution in [-0.4, -0.2) is 32.4 Å². The van der Waals surface area contributed by atoms with Crippen LogP contribution in [0.5, 0.6) is 11.5 Å². The fraction of sp³-hybridized carbons (Fsp3) is 0.364. The van der Waals surface area contributed by atoms with Gasteiger partial charge in [-0.25, -0.2) is 9.59 Å². The Kier molecular flexibility index (Phi) is 8.03. The number of phenols is 2. The van der Waals surface area contributed by atoms with Gasteiger partial charge >= 0.3 is 11.9 Å².